The van der Waals surface area contributed by atoms with Gasteiger partial charge in [-0.2, -0.15) is 0 Å². The number of aryl methyl sites for hydroxylation is 1. The Morgan fingerprint density at radius 1 is 0.962 bits per heavy atom. The van der Waals surface area contributed by atoms with E-state index in [4.69, 9.17) is 0 Å². The highest BCUT2D eigenvalue weighted by atomic mass is 19.1. The molecule has 1 fully saturated rings. The number of hydrogen-bond donors (Lipinski definition) is 2. The average Bonchev–Trinajstić information content (AvgIpc) is 3.43. The van der Waals surface area contributed by atoms with Crippen molar-refractivity contribution in [1.29, 1.82) is 0 Å². The van der Waals surface area contributed by atoms with Gasteiger partial charge >= 0.3 is 0 Å². The number of hydrogen-bond acceptors (Lipinski definition) is 2. The van der Waals surface area contributed by atoms with E-state index in [1.807, 2.05) is 31.2 Å². The minimum Gasteiger partial charge on any atom is -0.356 e. The number of nitrogens with one attached hydrogen (secondary N) is 2. The predicted octanol–water partition coefficient (Wildman–Crippen LogP) is 2.75. The summed E-state index contributed by atoms with van der Waals surface area (Å²) in [6.45, 7) is 2.85. The number of halogens is 1. The van der Waals surface area contributed by atoms with Crippen LogP contribution in [0.3, 0.4) is 0 Å². The Hall–Kier alpha value is -2.69. The number of amides is 2. The molecule has 1 aliphatic carbocycles. The Bertz CT molecular complexity index is 806. The first-order valence-corrected chi connectivity index (χ1v) is 8.89. The normalized spacial score (nSPS) is 18.2. The second-order valence-corrected chi connectivity index (χ2v) is 6.73. The van der Waals surface area contributed by atoms with Crippen LogP contribution in [-0.4, -0.2) is 18.4 Å². The van der Waals surface area contributed by atoms with E-state index >= 15 is 0 Å². The largest absolute Gasteiger partial charge is 0.356 e. The lowest BCUT2D eigenvalue weighted by atomic mass is 10.1. The fourth-order valence-corrected chi connectivity index (χ4v) is 3.05. The number of carbonyl (C=O) groups excluding carboxylic acids is 2. The molecule has 2 amide bonds. The molecule has 0 bridgehead atoms. The molecule has 0 aliphatic heterocycles. The van der Waals surface area contributed by atoms with E-state index in [9.17, 15) is 14.0 Å². The molecule has 2 aromatic carbocycles. The van der Waals surface area contributed by atoms with E-state index in [2.05, 4.69) is 10.6 Å². The molecule has 3 rings (SSSR count). The summed E-state index contributed by atoms with van der Waals surface area (Å²) in [4.78, 5) is 24.3. The molecule has 2 atom stereocenters. The van der Waals surface area contributed by atoms with Crippen LogP contribution in [0.2, 0.25) is 0 Å². The molecule has 1 aliphatic rings. The van der Waals surface area contributed by atoms with Crippen molar-refractivity contribution < 1.29 is 14.0 Å². The Morgan fingerprint density at radius 3 is 2.27 bits per heavy atom. The maximum atomic E-state index is 13.5. The van der Waals surface area contributed by atoms with Crippen molar-refractivity contribution in [3.8, 4) is 0 Å². The zero-order chi connectivity index (χ0) is 18.5. The van der Waals surface area contributed by atoms with Crippen LogP contribution in [0.1, 0.15) is 23.1 Å². The van der Waals surface area contributed by atoms with E-state index in [1.54, 1.807) is 18.2 Å². The molecule has 0 spiro atoms. The Labute approximate surface area is 152 Å². The van der Waals surface area contributed by atoms with E-state index < -0.39 is 0 Å². The van der Waals surface area contributed by atoms with Crippen LogP contribution < -0.4 is 10.6 Å². The van der Waals surface area contributed by atoms with E-state index in [-0.39, 0.29) is 29.5 Å². The molecular weight excluding hydrogens is 331 g/mol. The summed E-state index contributed by atoms with van der Waals surface area (Å²) in [6.07, 6.45) is 1.01. The molecule has 0 radical (unpaired) electrons. The summed E-state index contributed by atoms with van der Waals surface area (Å²) in [5.74, 6) is -0.999. The summed E-state index contributed by atoms with van der Waals surface area (Å²) < 4.78 is 13.5. The predicted molar refractivity (Wildman–Crippen MR) is 97.7 cm³/mol. The zero-order valence-electron chi connectivity index (χ0n) is 14.8. The SMILES string of the molecule is Cc1ccccc1CNC(=O)C1CC1C(=O)NCCc1ccccc1F. The Balaban J connectivity index is 1.40. The molecule has 2 N–H and O–H groups in total. The summed E-state index contributed by atoms with van der Waals surface area (Å²) in [5.41, 5.74) is 2.79. The zero-order valence-corrected chi connectivity index (χ0v) is 14.8. The standard InChI is InChI=1S/C21H23FN2O2/c1-14-6-2-3-8-16(14)13-24-21(26)18-12-17(18)20(25)23-11-10-15-7-4-5-9-19(15)22/h2-9,17-18H,10-13H2,1H3,(H,23,25)(H,24,26). The highest BCUT2D eigenvalue weighted by Crippen LogP contribution is 2.38. The summed E-state index contributed by atoms with van der Waals surface area (Å²) in [7, 11) is 0. The van der Waals surface area contributed by atoms with Crippen molar-refractivity contribution in [2.45, 2.75) is 26.3 Å². The first kappa shape index (κ1) is 18.1. The van der Waals surface area contributed by atoms with Gasteiger partial charge in [-0.1, -0.05) is 42.5 Å². The monoisotopic (exact) mass is 354 g/mol. The Morgan fingerprint density at radius 2 is 1.58 bits per heavy atom. The van der Waals surface area contributed by atoms with Crippen molar-refractivity contribution in [3.05, 3.63) is 71.0 Å². The van der Waals surface area contributed by atoms with Crippen LogP contribution in [0, 0.1) is 24.6 Å². The highest BCUT2D eigenvalue weighted by molar-refractivity contribution is 5.92. The fraction of sp³-hybridized carbons (Fsp3) is 0.333. The lowest BCUT2D eigenvalue weighted by molar-refractivity contribution is -0.127. The molecule has 2 unspecified atom stereocenters. The lowest BCUT2D eigenvalue weighted by Crippen LogP contribution is -2.31. The van der Waals surface area contributed by atoms with Gasteiger partial charge in [0.1, 0.15) is 5.82 Å². The summed E-state index contributed by atoms with van der Waals surface area (Å²) in [5, 5.41) is 5.71. The molecule has 0 heterocycles. The number of rotatable bonds is 7. The van der Waals surface area contributed by atoms with Crippen LogP contribution in [0.15, 0.2) is 48.5 Å². The summed E-state index contributed by atoms with van der Waals surface area (Å²) in [6, 6.07) is 14.4. The quantitative estimate of drug-likeness (QED) is 0.803. The molecule has 4 nitrogen and oxygen atoms in total. The minimum atomic E-state index is -0.271. The van der Waals surface area contributed by atoms with Crippen LogP contribution in [0.4, 0.5) is 4.39 Å². The minimum absolute atomic E-state index is 0.0810. The van der Waals surface area contributed by atoms with Gasteiger partial charge in [-0.15, -0.1) is 0 Å². The molecule has 0 saturated heterocycles. The molecule has 2 aromatic rings. The van der Waals surface area contributed by atoms with Crippen molar-refractivity contribution >= 4 is 11.8 Å². The van der Waals surface area contributed by atoms with Crippen LogP contribution in [-0.2, 0) is 22.6 Å². The topological polar surface area (TPSA) is 58.2 Å². The number of carbonyl (C=O) groups is 2. The van der Waals surface area contributed by atoms with Gasteiger partial charge in [0.05, 0.1) is 11.8 Å². The maximum absolute atomic E-state index is 13.5. The lowest BCUT2D eigenvalue weighted by Gasteiger charge is -2.08. The van der Waals surface area contributed by atoms with Crippen LogP contribution in [0.5, 0.6) is 0 Å². The van der Waals surface area contributed by atoms with Crippen LogP contribution in [0.25, 0.3) is 0 Å². The molecular formula is C21H23FN2O2. The summed E-state index contributed by atoms with van der Waals surface area (Å²) >= 11 is 0. The maximum Gasteiger partial charge on any atom is 0.224 e. The van der Waals surface area contributed by atoms with Crippen molar-refractivity contribution in [1.82, 2.24) is 10.6 Å². The van der Waals surface area contributed by atoms with Gasteiger partial charge in [-0.3, -0.25) is 9.59 Å². The molecule has 5 heteroatoms. The number of benzene rings is 2. The third kappa shape index (κ3) is 4.48. The smallest absolute Gasteiger partial charge is 0.224 e. The van der Waals surface area contributed by atoms with E-state index in [0.29, 0.717) is 31.5 Å². The first-order chi connectivity index (χ1) is 12.6. The third-order valence-corrected chi connectivity index (χ3v) is 4.83. The van der Waals surface area contributed by atoms with Gasteiger partial charge in [-0.25, -0.2) is 4.39 Å². The van der Waals surface area contributed by atoms with Gasteiger partial charge < -0.3 is 10.6 Å². The van der Waals surface area contributed by atoms with Crippen molar-refractivity contribution in [3.63, 3.8) is 0 Å². The van der Waals surface area contributed by atoms with Crippen molar-refractivity contribution in [2.24, 2.45) is 11.8 Å². The second kappa shape index (κ2) is 8.13. The fourth-order valence-electron chi connectivity index (χ4n) is 3.05. The van der Waals surface area contributed by atoms with Crippen molar-refractivity contribution in [2.75, 3.05) is 6.54 Å². The molecule has 0 aromatic heterocycles. The van der Waals surface area contributed by atoms with Gasteiger partial charge in [0.25, 0.3) is 0 Å². The van der Waals surface area contributed by atoms with Crippen LogP contribution >= 0.6 is 0 Å². The van der Waals surface area contributed by atoms with Gasteiger partial charge in [0.15, 0.2) is 0 Å². The Kier molecular flexibility index (Phi) is 5.66. The average molecular weight is 354 g/mol. The van der Waals surface area contributed by atoms with Gasteiger partial charge in [0, 0.05) is 13.1 Å². The molecule has 136 valence electrons. The van der Waals surface area contributed by atoms with E-state index in [1.165, 1.54) is 6.07 Å². The third-order valence-electron chi connectivity index (χ3n) is 4.83. The second-order valence-electron chi connectivity index (χ2n) is 6.73. The van der Waals surface area contributed by atoms with E-state index in [0.717, 1.165) is 11.1 Å². The van der Waals surface area contributed by atoms with Gasteiger partial charge in [-0.05, 0) is 42.5 Å². The molecule has 1 saturated carbocycles. The van der Waals surface area contributed by atoms with Gasteiger partial charge in [0.2, 0.25) is 11.8 Å². The highest BCUT2D eigenvalue weighted by Gasteiger charge is 2.47. The molecule has 26 heavy (non-hydrogen) atoms. The first-order valence-electron chi connectivity index (χ1n) is 8.89.